The minimum Gasteiger partial charge on any atom is -0.491 e. The molecule has 0 bridgehead atoms. The summed E-state index contributed by atoms with van der Waals surface area (Å²) >= 11 is 0. The van der Waals surface area contributed by atoms with Gasteiger partial charge in [-0.15, -0.1) is 0 Å². The molecule has 0 radical (unpaired) electrons. The van der Waals surface area contributed by atoms with Crippen LogP contribution in [0.1, 0.15) is 33.3 Å². The van der Waals surface area contributed by atoms with E-state index in [9.17, 15) is 13.2 Å². The number of aryl methyl sites for hydroxylation is 1. The van der Waals surface area contributed by atoms with Gasteiger partial charge < -0.3 is 10.1 Å². The molecule has 7 heteroatoms. The molecular formula is C21H28N2O4S. The first-order chi connectivity index (χ1) is 13.1. The Hall–Kier alpha value is -2.54. The minimum absolute atomic E-state index is 0.0108. The molecule has 2 rings (SSSR count). The van der Waals surface area contributed by atoms with E-state index < -0.39 is 22.0 Å². The van der Waals surface area contributed by atoms with Gasteiger partial charge in [-0.2, -0.15) is 0 Å². The number of hydrogen-bond donors (Lipinski definition) is 1. The van der Waals surface area contributed by atoms with E-state index in [1.807, 2.05) is 32.9 Å². The van der Waals surface area contributed by atoms with Crippen LogP contribution in [0.2, 0.25) is 0 Å². The largest absolute Gasteiger partial charge is 0.491 e. The number of anilines is 2. The summed E-state index contributed by atoms with van der Waals surface area (Å²) in [6, 6.07) is 13.3. The lowest BCUT2D eigenvalue weighted by Gasteiger charge is -2.28. The van der Waals surface area contributed by atoms with Crippen molar-refractivity contribution in [2.75, 3.05) is 15.9 Å². The predicted molar refractivity (Wildman–Crippen MR) is 113 cm³/mol. The van der Waals surface area contributed by atoms with E-state index in [0.717, 1.165) is 22.5 Å². The van der Waals surface area contributed by atoms with E-state index in [1.165, 1.54) is 0 Å². The Kier molecular flexibility index (Phi) is 7.07. The van der Waals surface area contributed by atoms with Crippen molar-refractivity contribution in [3.63, 3.8) is 0 Å². The summed E-state index contributed by atoms with van der Waals surface area (Å²) in [7, 11) is -3.65. The summed E-state index contributed by atoms with van der Waals surface area (Å²) in [5.74, 6) is 0.210. The lowest BCUT2D eigenvalue weighted by atomic mass is 10.1. The van der Waals surface area contributed by atoms with Crippen LogP contribution in [0.5, 0.6) is 5.75 Å². The van der Waals surface area contributed by atoms with E-state index in [0.29, 0.717) is 17.1 Å². The summed E-state index contributed by atoms with van der Waals surface area (Å²) in [6.07, 6.45) is 1.96. The van der Waals surface area contributed by atoms with Gasteiger partial charge >= 0.3 is 0 Å². The van der Waals surface area contributed by atoms with Crippen LogP contribution in [0.4, 0.5) is 11.4 Å². The fraction of sp³-hybridized carbons (Fsp3) is 0.381. The SMILES string of the molecule is CCc1ccc(N([C@@H](C)C(=O)Nc2cccc(OC(C)C)c2)S(C)(=O)=O)cc1. The average molecular weight is 405 g/mol. The molecule has 1 amide bonds. The van der Waals surface area contributed by atoms with Gasteiger partial charge in [0.2, 0.25) is 15.9 Å². The van der Waals surface area contributed by atoms with E-state index in [1.54, 1.807) is 43.3 Å². The van der Waals surface area contributed by atoms with Crippen LogP contribution in [0.3, 0.4) is 0 Å². The van der Waals surface area contributed by atoms with Crippen LogP contribution < -0.4 is 14.4 Å². The van der Waals surface area contributed by atoms with Gasteiger partial charge in [-0.1, -0.05) is 25.1 Å². The number of carbonyl (C=O) groups is 1. The molecule has 28 heavy (non-hydrogen) atoms. The third-order valence-electron chi connectivity index (χ3n) is 4.16. The molecule has 2 aromatic carbocycles. The highest BCUT2D eigenvalue weighted by atomic mass is 32.2. The smallest absolute Gasteiger partial charge is 0.247 e. The number of rotatable bonds is 8. The van der Waals surface area contributed by atoms with Crippen molar-refractivity contribution in [1.82, 2.24) is 0 Å². The lowest BCUT2D eigenvalue weighted by Crippen LogP contribution is -2.45. The molecule has 0 aliphatic rings. The Balaban J connectivity index is 2.24. The molecule has 0 heterocycles. The molecule has 0 spiro atoms. The lowest BCUT2D eigenvalue weighted by molar-refractivity contribution is -0.116. The maximum absolute atomic E-state index is 12.8. The second-order valence-corrected chi connectivity index (χ2v) is 8.80. The number of carbonyl (C=O) groups excluding carboxylic acids is 1. The van der Waals surface area contributed by atoms with Crippen molar-refractivity contribution in [3.05, 3.63) is 54.1 Å². The van der Waals surface area contributed by atoms with Crippen molar-refractivity contribution in [3.8, 4) is 5.75 Å². The molecule has 0 saturated carbocycles. The molecule has 0 aliphatic carbocycles. The van der Waals surface area contributed by atoms with Gasteiger partial charge in [0.25, 0.3) is 0 Å². The van der Waals surface area contributed by atoms with Crippen molar-refractivity contribution in [1.29, 1.82) is 0 Å². The summed E-state index contributed by atoms with van der Waals surface area (Å²) < 4.78 is 31.5. The summed E-state index contributed by atoms with van der Waals surface area (Å²) in [4.78, 5) is 12.8. The highest BCUT2D eigenvalue weighted by Gasteiger charge is 2.29. The van der Waals surface area contributed by atoms with Gasteiger partial charge in [-0.3, -0.25) is 9.10 Å². The second kappa shape index (κ2) is 9.10. The number of amides is 1. The van der Waals surface area contributed by atoms with Crippen LogP contribution >= 0.6 is 0 Å². The topological polar surface area (TPSA) is 75.7 Å². The van der Waals surface area contributed by atoms with Gasteiger partial charge in [0, 0.05) is 11.8 Å². The zero-order chi connectivity index (χ0) is 20.9. The summed E-state index contributed by atoms with van der Waals surface area (Å²) in [6.45, 7) is 7.43. The standard InChI is InChI=1S/C21H28N2O4S/c1-6-17-10-12-19(13-11-17)23(28(5,25)26)16(4)21(24)22-18-8-7-9-20(14-18)27-15(2)3/h7-16H,6H2,1-5H3,(H,22,24)/t16-/m0/s1. The van der Waals surface area contributed by atoms with E-state index in [-0.39, 0.29) is 6.10 Å². The molecule has 1 atom stereocenters. The molecular weight excluding hydrogens is 376 g/mol. The minimum atomic E-state index is -3.65. The van der Waals surface area contributed by atoms with Gasteiger partial charge in [-0.05, 0) is 57.0 Å². The first-order valence-electron chi connectivity index (χ1n) is 9.27. The normalized spacial score (nSPS) is 12.5. The second-order valence-electron chi connectivity index (χ2n) is 6.94. The average Bonchev–Trinajstić information content (AvgIpc) is 2.61. The molecule has 0 fully saturated rings. The summed E-state index contributed by atoms with van der Waals surface area (Å²) in [5, 5.41) is 2.78. The number of sulfonamides is 1. The first-order valence-corrected chi connectivity index (χ1v) is 11.1. The molecule has 0 unspecified atom stereocenters. The Morgan fingerprint density at radius 2 is 1.75 bits per heavy atom. The number of nitrogens with one attached hydrogen (secondary N) is 1. The van der Waals surface area contributed by atoms with Gasteiger partial charge in [0.1, 0.15) is 11.8 Å². The number of benzene rings is 2. The van der Waals surface area contributed by atoms with Gasteiger partial charge in [0.15, 0.2) is 0 Å². The predicted octanol–water partition coefficient (Wildman–Crippen LogP) is 3.83. The Bertz CT molecular complexity index is 908. The molecule has 0 aliphatic heterocycles. The quantitative estimate of drug-likeness (QED) is 0.725. The molecule has 1 N–H and O–H groups in total. The third kappa shape index (κ3) is 5.73. The molecule has 6 nitrogen and oxygen atoms in total. The monoisotopic (exact) mass is 404 g/mol. The maximum atomic E-state index is 12.8. The van der Waals surface area contributed by atoms with Crippen LogP contribution in [0, 0.1) is 0 Å². The van der Waals surface area contributed by atoms with Crippen LogP contribution in [-0.2, 0) is 21.2 Å². The Labute approximate surface area is 167 Å². The summed E-state index contributed by atoms with van der Waals surface area (Å²) in [5.41, 5.74) is 2.10. The zero-order valence-corrected chi connectivity index (χ0v) is 17.8. The van der Waals surface area contributed by atoms with E-state index >= 15 is 0 Å². The fourth-order valence-corrected chi connectivity index (χ4v) is 4.03. The maximum Gasteiger partial charge on any atom is 0.247 e. The number of nitrogens with zero attached hydrogens (tertiary/aromatic N) is 1. The van der Waals surface area contributed by atoms with Crippen LogP contribution in [0.25, 0.3) is 0 Å². The van der Waals surface area contributed by atoms with Crippen molar-refractivity contribution < 1.29 is 17.9 Å². The molecule has 152 valence electrons. The van der Waals surface area contributed by atoms with Crippen LogP contribution in [0.15, 0.2) is 48.5 Å². The van der Waals surface area contributed by atoms with Crippen molar-refractivity contribution in [2.24, 2.45) is 0 Å². The van der Waals surface area contributed by atoms with E-state index in [4.69, 9.17) is 4.74 Å². The van der Waals surface area contributed by atoms with Crippen LogP contribution in [-0.4, -0.2) is 32.7 Å². The Morgan fingerprint density at radius 3 is 2.29 bits per heavy atom. The Morgan fingerprint density at radius 1 is 1.11 bits per heavy atom. The molecule has 0 saturated heterocycles. The van der Waals surface area contributed by atoms with Crippen molar-refractivity contribution in [2.45, 2.75) is 46.3 Å². The van der Waals surface area contributed by atoms with Gasteiger partial charge in [-0.25, -0.2) is 8.42 Å². The number of ether oxygens (including phenoxy) is 1. The zero-order valence-electron chi connectivity index (χ0n) is 17.0. The molecule has 2 aromatic rings. The first kappa shape index (κ1) is 21.8. The molecule has 0 aromatic heterocycles. The number of hydrogen-bond acceptors (Lipinski definition) is 4. The third-order valence-corrected chi connectivity index (χ3v) is 5.40. The highest BCUT2D eigenvalue weighted by molar-refractivity contribution is 7.92. The van der Waals surface area contributed by atoms with E-state index in [2.05, 4.69) is 5.32 Å². The highest BCUT2D eigenvalue weighted by Crippen LogP contribution is 2.23. The fourth-order valence-electron chi connectivity index (χ4n) is 2.85. The van der Waals surface area contributed by atoms with Crippen molar-refractivity contribution >= 4 is 27.3 Å². The van der Waals surface area contributed by atoms with Gasteiger partial charge in [0.05, 0.1) is 18.0 Å².